The van der Waals surface area contributed by atoms with E-state index < -0.39 is 5.91 Å². The second-order valence-electron chi connectivity index (χ2n) is 4.49. The number of rotatable bonds is 2. The van der Waals surface area contributed by atoms with Crippen molar-refractivity contribution in [2.75, 3.05) is 0 Å². The second kappa shape index (κ2) is 4.09. The van der Waals surface area contributed by atoms with Crippen molar-refractivity contribution in [3.05, 3.63) is 41.5 Å². The van der Waals surface area contributed by atoms with E-state index in [4.69, 9.17) is 5.73 Å². The van der Waals surface area contributed by atoms with Gasteiger partial charge in [-0.05, 0) is 46.5 Å². The summed E-state index contributed by atoms with van der Waals surface area (Å²) >= 11 is 0. The van der Waals surface area contributed by atoms with Crippen molar-refractivity contribution < 1.29 is 9.90 Å². The molecule has 0 saturated carbocycles. The van der Waals surface area contributed by atoms with Gasteiger partial charge in [-0.25, -0.2) is 0 Å². The lowest BCUT2D eigenvalue weighted by molar-refractivity contribution is 0.100. The van der Waals surface area contributed by atoms with Gasteiger partial charge in [0.25, 0.3) is 0 Å². The highest BCUT2D eigenvalue weighted by atomic mass is 16.3. The molecule has 3 N–H and O–H groups in total. The maximum Gasteiger partial charge on any atom is 0.248 e. The van der Waals surface area contributed by atoms with Gasteiger partial charge in [0, 0.05) is 5.56 Å². The van der Waals surface area contributed by atoms with Gasteiger partial charge >= 0.3 is 0 Å². The molecule has 0 aliphatic rings. The summed E-state index contributed by atoms with van der Waals surface area (Å²) < 4.78 is 0. The minimum absolute atomic E-state index is 0.258. The summed E-state index contributed by atoms with van der Waals surface area (Å²) in [5, 5.41) is 11.7. The zero-order valence-electron chi connectivity index (χ0n) is 9.90. The normalized spacial score (nSPS) is 11.0. The van der Waals surface area contributed by atoms with Crippen LogP contribution in [0, 0.1) is 0 Å². The largest absolute Gasteiger partial charge is 0.508 e. The summed E-state index contributed by atoms with van der Waals surface area (Å²) in [6.07, 6.45) is 0. The van der Waals surface area contributed by atoms with Crippen LogP contribution < -0.4 is 5.73 Å². The van der Waals surface area contributed by atoms with Crippen LogP contribution in [0.2, 0.25) is 0 Å². The number of carbonyl (C=O) groups is 1. The first kappa shape index (κ1) is 11.5. The Morgan fingerprint density at radius 3 is 2.47 bits per heavy atom. The number of amides is 1. The lowest BCUT2D eigenvalue weighted by atomic mass is 9.97. The Morgan fingerprint density at radius 2 is 1.88 bits per heavy atom. The molecule has 0 unspecified atom stereocenters. The van der Waals surface area contributed by atoms with Crippen LogP contribution in [0.4, 0.5) is 0 Å². The highest BCUT2D eigenvalue weighted by Crippen LogP contribution is 2.30. The van der Waals surface area contributed by atoms with Crippen LogP contribution in [0.3, 0.4) is 0 Å². The van der Waals surface area contributed by atoms with Gasteiger partial charge in [0.1, 0.15) is 5.75 Å². The second-order valence-corrected chi connectivity index (χ2v) is 4.49. The zero-order valence-corrected chi connectivity index (χ0v) is 9.90. The number of phenols is 1. The monoisotopic (exact) mass is 229 g/mol. The molecule has 2 aromatic carbocycles. The van der Waals surface area contributed by atoms with Crippen LogP contribution in [0.15, 0.2) is 30.3 Å². The fourth-order valence-electron chi connectivity index (χ4n) is 1.92. The van der Waals surface area contributed by atoms with Gasteiger partial charge in [-0.3, -0.25) is 4.79 Å². The first-order valence-corrected chi connectivity index (χ1v) is 5.55. The predicted molar refractivity (Wildman–Crippen MR) is 68.2 cm³/mol. The summed E-state index contributed by atoms with van der Waals surface area (Å²) in [7, 11) is 0. The molecule has 0 aliphatic heterocycles. The summed E-state index contributed by atoms with van der Waals surface area (Å²) in [6, 6.07) is 8.87. The van der Waals surface area contributed by atoms with Crippen LogP contribution in [-0.2, 0) is 0 Å². The Bertz CT molecular complexity index is 588. The Kier molecular flexibility index (Phi) is 2.76. The number of benzene rings is 2. The first-order chi connectivity index (χ1) is 7.99. The molecule has 2 aromatic rings. The molecule has 0 heterocycles. The van der Waals surface area contributed by atoms with E-state index in [-0.39, 0.29) is 11.7 Å². The third-order valence-electron chi connectivity index (χ3n) is 2.89. The average Bonchev–Trinajstić information content (AvgIpc) is 2.26. The molecule has 0 aliphatic carbocycles. The van der Waals surface area contributed by atoms with E-state index in [1.807, 2.05) is 26.0 Å². The number of hydrogen-bond donors (Lipinski definition) is 2. The lowest BCUT2D eigenvalue weighted by Gasteiger charge is -2.10. The van der Waals surface area contributed by atoms with Gasteiger partial charge in [0.2, 0.25) is 5.91 Å². The summed E-state index contributed by atoms with van der Waals surface area (Å²) in [4.78, 5) is 11.1. The number of phenolic OH excluding ortho intramolecular Hbond substituents is 1. The van der Waals surface area contributed by atoms with Gasteiger partial charge in [-0.2, -0.15) is 0 Å². The number of carbonyl (C=O) groups excluding carboxylic acids is 1. The van der Waals surface area contributed by atoms with Crippen molar-refractivity contribution >= 4 is 16.7 Å². The maximum atomic E-state index is 11.1. The van der Waals surface area contributed by atoms with Gasteiger partial charge in [0.05, 0.1) is 0 Å². The molecule has 0 spiro atoms. The molecule has 2 rings (SSSR count). The van der Waals surface area contributed by atoms with Gasteiger partial charge in [-0.1, -0.05) is 19.9 Å². The molecule has 0 fully saturated rings. The Hall–Kier alpha value is -2.03. The molecular weight excluding hydrogens is 214 g/mol. The van der Waals surface area contributed by atoms with E-state index in [1.54, 1.807) is 18.2 Å². The fraction of sp³-hybridized carbons (Fsp3) is 0.214. The lowest BCUT2D eigenvalue weighted by Crippen LogP contribution is -2.10. The smallest absolute Gasteiger partial charge is 0.248 e. The minimum Gasteiger partial charge on any atom is -0.508 e. The number of nitrogens with two attached hydrogens (primary N) is 1. The molecule has 17 heavy (non-hydrogen) atoms. The van der Waals surface area contributed by atoms with Crippen molar-refractivity contribution in [2.24, 2.45) is 5.73 Å². The number of aromatic hydroxyl groups is 1. The summed E-state index contributed by atoms with van der Waals surface area (Å²) in [5.74, 6) is 0.0589. The van der Waals surface area contributed by atoms with E-state index in [9.17, 15) is 9.90 Å². The quantitative estimate of drug-likeness (QED) is 0.831. The SMILES string of the molecule is CC(C)c1cc2ccc(C(N)=O)cc2cc1O. The zero-order chi connectivity index (χ0) is 12.6. The van der Waals surface area contributed by atoms with Crippen LogP contribution in [0.25, 0.3) is 10.8 Å². The molecule has 3 heteroatoms. The Morgan fingerprint density at radius 1 is 1.18 bits per heavy atom. The van der Waals surface area contributed by atoms with E-state index >= 15 is 0 Å². The van der Waals surface area contributed by atoms with Gasteiger partial charge in [-0.15, -0.1) is 0 Å². The average molecular weight is 229 g/mol. The van der Waals surface area contributed by atoms with Crippen molar-refractivity contribution in [3.8, 4) is 5.75 Å². The highest BCUT2D eigenvalue weighted by Gasteiger charge is 2.09. The summed E-state index contributed by atoms with van der Waals surface area (Å²) in [5.41, 5.74) is 6.58. The minimum atomic E-state index is -0.459. The van der Waals surface area contributed by atoms with Crippen molar-refractivity contribution in [3.63, 3.8) is 0 Å². The highest BCUT2D eigenvalue weighted by molar-refractivity contribution is 5.98. The molecule has 1 amide bonds. The van der Waals surface area contributed by atoms with Crippen LogP contribution in [-0.4, -0.2) is 11.0 Å². The van der Waals surface area contributed by atoms with Gasteiger partial charge < -0.3 is 10.8 Å². The molecule has 0 saturated heterocycles. The molecule has 0 bridgehead atoms. The first-order valence-electron chi connectivity index (χ1n) is 5.55. The maximum absolute atomic E-state index is 11.1. The van der Waals surface area contributed by atoms with E-state index in [0.717, 1.165) is 16.3 Å². The Labute approximate surface area is 99.9 Å². The number of primary amides is 1. The molecular formula is C14H15NO2. The van der Waals surface area contributed by atoms with Crippen LogP contribution in [0.1, 0.15) is 35.7 Å². The van der Waals surface area contributed by atoms with Crippen LogP contribution >= 0.6 is 0 Å². The predicted octanol–water partition coefficient (Wildman–Crippen LogP) is 2.77. The fourth-order valence-corrected chi connectivity index (χ4v) is 1.92. The van der Waals surface area contributed by atoms with Crippen molar-refractivity contribution in [2.45, 2.75) is 19.8 Å². The molecule has 0 aromatic heterocycles. The number of fused-ring (bicyclic) bond motifs is 1. The van der Waals surface area contributed by atoms with E-state index in [2.05, 4.69) is 0 Å². The van der Waals surface area contributed by atoms with Gasteiger partial charge in [0.15, 0.2) is 0 Å². The van der Waals surface area contributed by atoms with Crippen molar-refractivity contribution in [1.82, 2.24) is 0 Å². The van der Waals surface area contributed by atoms with Crippen molar-refractivity contribution in [1.29, 1.82) is 0 Å². The molecule has 88 valence electrons. The number of hydrogen-bond acceptors (Lipinski definition) is 2. The third kappa shape index (κ3) is 2.09. The topological polar surface area (TPSA) is 63.3 Å². The molecule has 0 radical (unpaired) electrons. The molecule has 0 atom stereocenters. The summed E-state index contributed by atoms with van der Waals surface area (Å²) in [6.45, 7) is 4.05. The van der Waals surface area contributed by atoms with Crippen LogP contribution in [0.5, 0.6) is 5.75 Å². The third-order valence-corrected chi connectivity index (χ3v) is 2.89. The Balaban J connectivity index is 2.66. The van der Waals surface area contributed by atoms with E-state index in [0.29, 0.717) is 5.56 Å². The van der Waals surface area contributed by atoms with E-state index in [1.165, 1.54) is 0 Å². The standard InChI is InChI=1S/C14H15NO2/c1-8(2)12-6-9-3-4-10(14(15)17)5-11(9)7-13(12)16/h3-8,16H,1-2H3,(H2,15,17). The molecule has 3 nitrogen and oxygen atoms in total.